The van der Waals surface area contributed by atoms with E-state index in [4.69, 9.17) is 0 Å². The molecule has 0 fully saturated rings. The lowest BCUT2D eigenvalue weighted by Crippen LogP contribution is -2.47. The van der Waals surface area contributed by atoms with E-state index in [9.17, 15) is 9.90 Å². The van der Waals surface area contributed by atoms with Gasteiger partial charge >= 0.3 is 5.97 Å². The number of aliphatic carboxylic acids is 1. The lowest BCUT2D eigenvalue weighted by Gasteiger charge is -2.36. The van der Waals surface area contributed by atoms with Crippen molar-refractivity contribution in [3.05, 3.63) is 46.9 Å². The van der Waals surface area contributed by atoms with Crippen molar-refractivity contribution in [1.82, 2.24) is 19.0 Å². The molecule has 1 aliphatic heterocycles. The average Bonchev–Trinajstić information content (AvgIpc) is 3.24. The van der Waals surface area contributed by atoms with Crippen LogP contribution >= 0.6 is 11.7 Å². The van der Waals surface area contributed by atoms with Gasteiger partial charge in [-0.1, -0.05) is 18.2 Å². The van der Waals surface area contributed by atoms with Gasteiger partial charge in [0, 0.05) is 23.0 Å². The smallest absolute Gasteiger partial charge is 0.321 e. The number of aryl methyl sites for hydroxylation is 1. The SMILES string of the molecule is O=C(O)C1Cc2c([nH]c3ccccc23)C(C2CCc3nsnc3C2)N1. The van der Waals surface area contributed by atoms with Crippen LogP contribution in [0.3, 0.4) is 0 Å². The summed E-state index contributed by atoms with van der Waals surface area (Å²) in [5.74, 6) is -0.460. The number of aromatic amines is 1. The van der Waals surface area contributed by atoms with Gasteiger partial charge in [0.05, 0.1) is 29.2 Å². The van der Waals surface area contributed by atoms with Crippen molar-refractivity contribution >= 4 is 28.6 Å². The van der Waals surface area contributed by atoms with E-state index < -0.39 is 12.0 Å². The summed E-state index contributed by atoms with van der Waals surface area (Å²) in [7, 11) is 0. The van der Waals surface area contributed by atoms with Gasteiger partial charge in [0.2, 0.25) is 0 Å². The van der Waals surface area contributed by atoms with Crippen molar-refractivity contribution in [2.45, 2.75) is 37.8 Å². The molecule has 25 heavy (non-hydrogen) atoms. The van der Waals surface area contributed by atoms with Gasteiger partial charge in [0.25, 0.3) is 0 Å². The third kappa shape index (κ3) is 2.38. The molecule has 3 N–H and O–H groups in total. The van der Waals surface area contributed by atoms with E-state index in [0.717, 1.165) is 52.8 Å². The molecule has 0 bridgehead atoms. The van der Waals surface area contributed by atoms with Gasteiger partial charge in [0.1, 0.15) is 6.04 Å². The first-order chi connectivity index (χ1) is 12.2. The molecule has 2 aromatic heterocycles. The Kier molecular flexibility index (Phi) is 3.39. The zero-order valence-electron chi connectivity index (χ0n) is 13.5. The molecule has 6 nitrogen and oxygen atoms in total. The average molecular weight is 354 g/mol. The number of carbonyl (C=O) groups is 1. The van der Waals surface area contributed by atoms with E-state index in [2.05, 4.69) is 31.2 Å². The lowest BCUT2D eigenvalue weighted by molar-refractivity contribution is -0.140. The van der Waals surface area contributed by atoms with Gasteiger partial charge in [-0.25, -0.2) is 0 Å². The molecule has 3 heterocycles. The number of H-pyrrole nitrogens is 1. The first-order valence-corrected chi connectivity index (χ1v) is 9.32. The normalized spacial score (nSPS) is 25.5. The van der Waals surface area contributed by atoms with Crippen molar-refractivity contribution in [2.24, 2.45) is 5.92 Å². The van der Waals surface area contributed by atoms with Crippen molar-refractivity contribution in [1.29, 1.82) is 0 Å². The van der Waals surface area contributed by atoms with E-state index in [1.807, 2.05) is 12.1 Å². The Labute approximate surface area is 148 Å². The maximum Gasteiger partial charge on any atom is 0.321 e. The molecule has 3 aromatic rings. The first kappa shape index (κ1) is 15.0. The maximum atomic E-state index is 11.7. The Balaban J connectivity index is 1.58. The highest BCUT2D eigenvalue weighted by Crippen LogP contribution is 2.39. The lowest BCUT2D eigenvalue weighted by atomic mass is 9.79. The van der Waals surface area contributed by atoms with Gasteiger partial charge in [-0.15, -0.1) is 0 Å². The molecule has 0 radical (unpaired) electrons. The Morgan fingerprint density at radius 1 is 1.20 bits per heavy atom. The molecule has 1 aliphatic carbocycles. The largest absolute Gasteiger partial charge is 0.480 e. The van der Waals surface area contributed by atoms with Crippen LogP contribution in [0.15, 0.2) is 24.3 Å². The molecule has 0 saturated heterocycles. The Hall–Kier alpha value is -2.25. The number of rotatable bonds is 2. The minimum absolute atomic E-state index is 0.00657. The van der Waals surface area contributed by atoms with Crippen LogP contribution in [0.1, 0.15) is 35.1 Å². The molecular weight excluding hydrogens is 336 g/mol. The summed E-state index contributed by atoms with van der Waals surface area (Å²) in [6.07, 6.45) is 3.28. The fourth-order valence-corrected chi connectivity index (χ4v) is 4.94. The molecule has 2 aliphatic rings. The monoisotopic (exact) mass is 354 g/mol. The number of aromatic nitrogens is 3. The third-order valence-corrected chi connectivity index (χ3v) is 6.16. The highest BCUT2D eigenvalue weighted by Gasteiger charge is 2.38. The second-order valence-corrected chi connectivity index (χ2v) is 7.49. The second kappa shape index (κ2) is 5.64. The Bertz CT molecular complexity index is 963. The summed E-state index contributed by atoms with van der Waals surface area (Å²) in [6.45, 7) is 0. The van der Waals surface area contributed by atoms with Crippen molar-refractivity contribution in [3.63, 3.8) is 0 Å². The predicted molar refractivity (Wildman–Crippen MR) is 94.7 cm³/mol. The van der Waals surface area contributed by atoms with Crippen LogP contribution in [0.2, 0.25) is 0 Å². The Morgan fingerprint density at radius 3 is 2.92 bits per heavy atom. The van der Waals surface area contributed by atoms with E-state index in [1.165, 1.54) is 11.7 Å². The number of fused-ring (bicyclic) bond motifs is 4. The zero-order chi connectivity index (χ0) is 17.0. The van der Waals surface area contributed by atoms with E-state index >= 15 is 0 Å². The van der Waals surface area contributed by atoms with E-state index in [0.29, 0.717) is 12.3 Å². The van der Waals surface area contributed by atoms with Crippen molar-refractivity contribution < 1.29 is 9.90 Å². The maximum absolute atomic E-state index is 11.7. The quantitative estimate of drug-likeness (QED) is 0.658. The number of carboxylic acids is 1. The van der Waals surface area contributed by atoms with Crippen LogP contribution in [-0.2, 0) is 24.1 Å². The summed E-state index contributed by atoms with van der Waals surface area (Å²) >= 11 is 1.28. The molecular formula is C18H18N4O2S. The highest BCUT2D eigenvalue weighted by molar-refractivity contribution is 6.99. The van der Waals surface area contributed by atoms with Gasteiger partial charge < -0.3 is 10.1 Å². The van der Waals surface area contributed by atoms with Gasteiger partial charge in [-0.05, 0) is 36.8 Å². The van der Waals surface area contributed by atoms with Gasteiger partial charge in [-0.3, -0.25) is 10.1 Å². The molecule has 3 unspecified atom stereocenters. The van der Waals surface area contributed by atoms with Gasteiger partial charge in [-0.2, -0.15) is 8.75 Å². The summed E-state index contributed by atoms with van der Waals surface area (Å²) in [4.78, 5) is 15.3. The summed E-state index contributed by atoms with van der Waals surface area (Å²) < 4.78 is 8.80. The molecule has 0 amide bonds. The number of para-hydroxylation sites is 1. The number of hydrogen-bond acceptors (Lipinski definition) is 5. The van der Waals surface area contributed by atoms with Gasteiger partial charge in [0.15, 0.2) is 0 Å². The van der Waals surface area contributed by atoms with Crippen LogP contribution in [0.5, 0.6) is 0 Å². The van der Waals surface area contributed by atoms with Crippen LogP contribution in [0, 0.1) is 5.92 Å². The summed E-state index contributed by atoms with van der Waals surface area (Å²) in [6, 6.07) is 7.62. The molecule has 3 atom stereocenters. The zero-order valence-corrected chi connectivity index (χ0v) is 14.3. The van der Waals surface area contributed by atoms with E-state index in [1.54, 1.807) is 0 Å². The minimum atomic E-state index is -0.784. The standard InChI is InChI=1S/C18H18N4O2S/c23-18(24)15-8-11-10-3-1-2-4-12(10)19-17(11)16(20-15)9-5-6-13-14(7-9)22-25-21-13/h1-4,9,15-16,19-20H,5-8H2,(H,23,24). The van der Waals surface area contributed by atoms with Crippen LogP contribution < -0.4 is 5.32 Å². The second-order valence-electron chi connectivity index (χ2n) is 6.96. The number of benzene rings is 1. The van der Waals surface area contributed by atoms with Crippen LogP contribution in [0.25, 0.3) is 10.9 Å². The number of carboxylic acid groups (broad SMARTS) is 1. The molecule has 1 aromatic carbocycles. The number of hydrogen-bond donors (Lipinski definition) is 3. The minimum Gasteiger partial charge on any atom is -0.480 e. The number of nitrogens with zero attached hydrogens (tertiary/aromatic N) is 2. The molecule has 0 spiro atoms. The predicted octanol–water partition coefficient (Wildman–Crippen LogP) is 2.46. The molecule has 128 valence electrons. The number of nitrogens with one attached hydrogen (secondary N) is 2. The van der Waals surface area contributed by atoms with E-state index in [-0.39, 0.29) is 6.04 Å². The molecule has 7 heteroatoms. The Morgan fingerprint density at radius 2 is 2.04 bits per heavy atom. The fourth-order valence-electron chi connectivity index (χ4n) is 4.33. The van der Waals surface area contributed by atoms with Crippen molar-refractivity contribution in [2.75, 3.05) is 0 Å². The third-order valence-electron chi connectivity index (χ3n) is 5.56. The first-order valence-electron chi connectivity index (χ1n) is 8.59. The molecule has 0 saturated carbocycles. The van der Waals surface area contributed by atoms with Crippen LogP contribution in [0.4, 0.5) is 0 Å². The fraction of sp³-hybridized carbons (Fsp3) is 0.389. The highest BCUT2D eigenvalue weighted by atomic mass is 32.1. The topological polar surface area (TPSA) is 90.9 Å². The van der Waals surface area contributed by atoms with Crippen LogP contribution in [-0.4, -0.2) is 30.8 Å². The summed E-state index contributed by atoms with van der Waals surface area (Å²) in [5, 5.41) is 14.1. The molecule has 5 rings (SSSR count). The summed E-state index contributed by atoms with van der Waals surface area (Å²) in [5.41, 5.74) is 5.57. The van der Waals surface area contributed by atoms with Crippen molar-refractivity contribution in [3.8, 4) is 0 Å².